The van der Waals surface area contributed by atoms with Crippen LogP contribution in [0.4, 0.5) is 15.8 Å². The van der Waals surface area contributed by atoms with Gasteiger partial charge in [-0.25, -0.2) is 4.39 Å². The molecule has 3 rings (SSSR count). The number of hydrogen-bond donors (Lipinski definition) is 0. The molecule has 1 amide bonds. The van der Waals surface area contributed by atoms with Crippen molar-refractivity contribution in [2.75, 3.05) is 4.90 Å². The van der Waals surface area contributed by atoms with Crippen molar-refractivity contribution < 1.29 is 14.1 Å². The molecule has 0 radical (unpaired) electrons. The largest absolute Gasteiger partial charge is 0.272 e. The first-order valence-corrected chi connectivity index (χ1v) is 8.38. The standard InChI is InChI=1S/C17H11FN2O3S2/c1-10-2-3-11(8-14(10)20(22)23)9-15-16(21)19(17(24)25-15)13-6-4-12(18)5-7-13/h2-9H,1H3/b15-9-. The number of benzene rings is 2. The van der Waals surface area contributed by atoms with Crippen molar-refractivity contribution in [3.05, 3.63) is 74.4 Å². The fraction of sp³-hybridized carbons (Fsp3) is 0.0588. The number of carbonyl (C=O) groups excluding carboxylic acids is 1. The molecule has 0 N–H and O–H groups in total. The highest BCUT2D eigenvalue weighted by Crippen LogP contribution is 2.36. The van der Waals surface area contributed by atoms with Crippen molar-refractivity contribution in [1.82, 2.24) is 0 Å². The zero-order chi connectivity index (χ0) is 18.1. The number of thiocarbonyl (C=S) groups is 1. The lowest BCUT2D eigenvalue weighted by atomic mass is 10.1. The molecule has 0 spiro atoms. The number of nitro groups is 1. The molecule has 25 heavy (non-hydrogen) atoms. The summed E-state index contributed by atoms with van der Waals surface area (Å²) in [6.45, 7) is 1.65. The molecule has 0 aliphatic carbocycles. The van der Waals surface area contributed by atoms with E-state index in [0.717, 1.165) is 11.8 Å². The number of nitrogens with zero attached hydrogens (tertiary/aromatic N) is 2. The number of rotatable bonds is 3. The Morgan fingerprint density at radius 1 is 1.24 bits per heavy atom. The Labute approximate surface area is 152 Å². The molecule has 0 saturated carbocycles. The highest BCUT2D eigenvalue weighted by Gasteiger charge is 2.33. The van der Waals surface area contributed by atoms with Crippen LogP contribution >= 0.6 is 24.0 Å². The van der Waals surface area contributed by atoms with Crippen molar-refractivity contribution in [1.29, 1.82) is 0 Å². The predicted molar refractivity (Wildman–Crippen MR) is 99.9 cm³/mol. The molecular formula is C17H11FN2O3S2. The molecule has 2 aromatic rings. The lowest BCUT2D eigenvalue weighted by Crippen LogP contribution is -2.27. The summed E-state index contributed by atoms with van der Waals surface area (Å²) in [4.78, 5) is 24.9. The smallest absolute Gasteiger partial charge is 0.268 e. The maximum atomic E-state index is 13.1. The molecule has 1 aliphatic heterocycles. The summed E-state index contributed by atoms with van der Waals surface area (Å²) in [5.41, 5.74) is 1.54. The van der Waals surface area contributed by atoms with Crippen molar-refractivity contribution in [3.63, 3.8) is 0 Å². The normalized spacial score (nSPS) is 15.9. The van der Waals surface area contributed by atoms with Gasteiger partial charge in [0, 0.05) is 11.6 Å². The molecule has 0 unspecified atom stereocenters. The molecule has 1 fully saturated rings. The zero-order valence-electron chi connectivity index (χ0n) is 12.9. The molecule has 2 aromatic carbocycles. The van der Waals surface area contributed by atoms with E-state index in [-0.39, 0.29) is 11.6 Å². The minimum absolute atomic E-state index is 0.0113. The van der Waals surface area contributed by atoms with Gasteiger partial charge < -0.3 is 0 Å². The summed E-state index contributed by atoms with van der Waals surface area (Å²) in [6, 6.07) is 10.2. The van der Waals surface area contributed by atoms with E-state index in [1.54, 1.807) is 25.1 Å². The summed E-state index contributed by atoms with van der Waals surface area (Å²) in [7, 11) is 0. The van der Waals surface area contributed by atoms with Crippen LogP contribution in [0.2, 0.25) is 0 Å². The van der Waals surface area contributed by atoms with Gasteiger partial charge in [0.2, 0.25) is 0 Å². The lowest BCUT2D eigenvalue weighted by molar-refractivity contribution is -0.385. The minimum Gasteiger partial charge on any atom is -0.268 e. The average molecular weight is 374 g/mol. The quantitative estimate of drug-likeness (QED) is 0.344. The van der Waals surface area contributed by atoms with Crippen LogP contribution in [0.15, 0.2) is 47.4 Å². The predicted octanol–water partition coefficient (Wildman–Crippen LogP) is 4.45. The van der Waals surface area contributed by atoms with Gasteiger partial charge in [0.15, 0.2) is 4.32 Å². The summed E-state index contributed by atoms with van der Waals surface area (Å²) in [5.74, 6) is -0.749. The van der Waals surface area contributed by atoms with Gasteiger partial charge in [0.05, 0.1) is 15.5 Å². The Hall–Kier alpha value is -2.58. The van der Waals surface area contributed by atoms with Gasteiger partial charge in [-0.2, -0.15) is 0 Å². The lowest BCUT2D eigenvalue weighted by Gasteiger charge is -2.14. The van der Waals surface area contributed by atoms with Crippen molar-refractivity contribution in [2.45, 2.75) is 6.92 Å². The van der Waals surface area contributed by atoms with Crippen LogP contribution in [0.25, 0.3) is 6.08 Å². The Bertz CT molecular complexity index is 926. The second kappa shape index (κ2) is 6.73. The summed E-state index contributed by atoms with van der Waals surface area (Å²) < 4.78 is 13.4. The second-order valence-corrected chi connectivity index (χ2v) is 6.97. The SMILES string of the molecule is Cc1ccc(/C=C2\SC(=S)N(c3ccc(F)cc3)C2=O)cc1[N+](=O)[O-]. The maximum absolute atomic E-state index is 13.1. The molecular weight excluding hydrogens is 363 g/mol. The van der Waals surface area contributed by atoms with Crippen LogP contribution in [0.1, 0.15) is 11.1 Å². The Balaban J connectivity index is 1.94. The van der Waals surface area contributed by atoms with E-state index in [2.05, 4.69) is 0 Å². The van der Waals surface area contributed by atoms with E-state index in [1.807, 2.05) is 0 Å². The third-order valence-electron chi connectivity index (χ3n) is 3.61. The molecule has 1 aliphatic rings. The number of hydrogen-bond acceptors (Lipinski definition) is 5. The van der Waals surface area contributed by atoms with Crippen LogP contribution < -0.4 is 4.90 Å². The molecule has 1 saturated heterocycles. The van der Waals surface area contributed by atoms with E-state index in [1.165, 1.54) is 35.2 Å². The van der Waals surface area contributed by atoms with Crippen molar-refractivity contribution >= 4 is 51.7 Å². The van der Waals surface area contributed by atoms with Crippen LogP contribution in [0, 0.1) is 22.9 Å². The number of aryl methyl sites for hydroxylation is 1. The van der Waals surface area contributed by atoms with Gasteiger partial charge in [-0.1, -0.05) is 36.1 Å². The average Bonchev–Trinajstić information content (AvgIpc) is 2.84. The zero-order valence-corrected chi connectivity index (χ0v) is 14.6. The molecule has 0 bridgehead atoms. The van der Waals surface area contributed by atoms with Crippen LogP contribution in [-0.2, 0) is 4.79 Å². The Morgan fingerprint density at radius 2 is 1.92 bits per heavy atom. The van der Waals surface area contributed by atoms with E-state index in [9.17, 15) is 19.3 Å². The molecule has 8 heteroatoms. The first-order chi connectivity index (χ1) is 11.9. The van der Waals surface area contributed by atoms with E-state index in [0.29, 0.717) is 26.0 Å². The molecule has 126 valence electrons. The first-order valence-electron chi connectivity index (χ1n) is 7.15. The monoisotopic (exact) mass is 374 g/mol. The number of halogens is 1. The Kier molecular flexibility index (Phi) is 4.65. The molecule has 0 aromatic heterocycles. The van der Waals surface area contributed by atoms with Gasteiger partial charge in [0.25, 0.3) is 11.6 Å². The minimum atomic E-state index is -0.462. The van der Waals surface area contributed by atoms with Gasteiger partial charge in [-0.15, -0.1) is 0 Å². The van der Waals surface area contributed by atoms with Crippen molar-refractivity contribution in [3.8, 4) is 0 Å². The van der Waals surface area contributed by atoms with Gasteiger partial charge in [-0.05, 0) is 42.8 Å². The third-order valence-corrected chi connectivity index (χ3v) is 4.91. The van der Waals surface area contributed by atoms with E-state index >= 15 is 0 Å². The fourth-order valence-electron chi connectivity index (χ4n) is 2.34. The topological polar surface area (TPSA) is 63.5 Å². The number of thioether (sulfide) groups is 1. The number of anilines is 1. The number of nitro benzene ring substituents is 1. The van der Waals surface area contributed by atoms with Crippen molar-refractivity contribution in [2.24, 2.45) is 0 Å². The van der Waals surface area contributed by atoms with Crippen LogP contribution in [0.5, 0.6) is 0 Å². The Morgan fingerprint density at radius 3 is 2.56 bits per heavy atom. The van der Waals surface area contributed by atoms with Gasteiger partial charge >= 0.3 is 0 Å². The fourth-order valence-corrected chi connectivity index (χ4v) is 3.64. The highest BCUT2D eigenvalue weighted by molar-refractivity contribution is 8.27. The summed E-state index contributed by atoms with van der Waals surface area (Å²) >= 11 is 6.34. The molecule has 0 atom stereocenters. The van der Waals surface area contributed by atoms with E-state index in [4.69, 9.17) is 12.2 Å². The first kappa shape index (κ1) is 17.2. The van der Waals surface area contributed by atoms with Gasteiger partial charge in [0.1, 0.15) is 5.82 Å². The number of carbonyl (C=O) groups is 1. The summed E-state index contributed by atoms with van der Waals surface area (Å²) in [5, 5.41) is 11.0. The van der Waals surface area contributed by atoms with Crippen LogP contribution in [0.3, 0.4) is 0 Å². The van der Waals surface area contributed by atoms with Gasteiger partial charge in [-0.3, -0.25) is 19.8 Å². The van der Waals surface area contributed by atoms with Crippen LogP contribution in [-0.4, -0.2) is 15.2 Å². The number of amides is 1. The molecule has 5 nitrogen and oxygen atoms in total. The molecule has 1 heterocycles. The highest BCUT2D eigenvalue weighted by atomic mass is 32.2. The summed E-state index contributed by atoms with van der Waals surface area (Å²) in [6.07, 6.45) is 1.56. The maximum Gasteiger partial charge on any atom is 0.272 e. The third kappa shape index (κ3) is 3.45. The van der Waals surface area contributed by atoms with E-state index < -0.39 is 10.7 Å². The second-order valence-electron chi connectivity index (χ2n) is 5.30.